The van der Waals surface area contributed by atoms with E-state index in [1.807, 2.05) is 36.4 Å². The number of nitrogens with one attached hydrogen (secondary N) is 1. The second kappa shape index (κ2) is 14.0. The molecule has 0 aliphatic carbocycles. The average Bonchev–Trinajstić information content (AvgIpc) is 3.98. The third kappa shape index (κ3) is 5.63. The standard InChI is InChI=1S/C44H25F5N4.Pt/c45-37-38(46)42-36(28-19-11-4-12-20-28)44-40(48)39(47)43(53(44)49)35(27-17-9-3-10-18-27)32-24-22-30(51-32)33(25-13-5-1-6-14-25)29-21-23-31(50-29)34(41(37)52-42)26-15-7-2-8-16-26;/h1-24,50H;. The van der Waals surface area contributed by atoms with Gasteiger partial charge in [0.05, 0.1) is 11.4 Å². The maximum atomic E-state index is 17.2. The summed E-state index contributed by atoms with van der Waals surface area (Å²) in [4.78, 5) is 12.6. The Kier molecular flexibility index (Phi) is 9.04. The Morgan fingerprint density at radius 3 is 1.30 bits per heavy atom. The summed E-state index contributed by atoms with van der Waals surface area (Å²) in [6, 6.07) is 37.8. The van der Waals surface area contributed by atoms with Crippen LogP contribution in [0.25, 0.3) is 90.4 Å². The third-order valence-corrected chi connectivity index (χ3v) is 9.41. The number of hydrogen-bond donors (Lipinski definition) is 1. The van der Waals surface area contributed by atoms with Crippen LogP contribution in [0.1, 0.15) is 22.8 Å². The number of fused-ring (bicyclic) bond motifs is 8. The first kappa shape index (κ1) is 34.9. The van der Waals surface area contributed by atoms with Gasteiger partial charge in [0, 0.05) is 54.4 Å². The van der Waals surface area contributed by atoms with Gasteiger partial charge >= 0.3 is 0 Å². The molecule has 266 valence electrons. The number of benzene rings is 4. The van der Waals surface area contributed by atoms with Crippen LogP contribution in [-0.2, 0) is 21.1 Å². The van der Waals surface area contributed by atoms with Gasteiger partial charge in [-0.05, 0) is 46.5 Å². The van der Waals surface area contributed by atoms with Crippen LogP contribution in [0.3, 0.4) is 0 Å². The molecule has 8 bridgehead atoms. The van der Waals surface area contributed by atoms with Crippen LogP contribution in [0.2, 0.25) is 0 Å². The maximum absolute atomic E-state index is 17.2. The van der Waals surface area contributed by atoms with Gasteiger partial charge in [0.25, 0.3) is 0 Å². The van der Waals surface area contributed by atoms with Crippen molar-refractivity contribution in [3.8, 4) is 44.5 Å². The summed E-state index contributed by atoms with van der Waals surface area (Å²) in [5, 5.41) is 0. The van der Waals surface area contributed by atoms with Crippen LogP contribution in [0, 0.1) is 11.6 Å². The van der Waals surface area contributed by atoms with E-state index in [1.54, 1.807) is 97.1 Å². The fourth-order valence-corrected chi connectivity index (χ4v) is 7.06. The molecule has 3 aromatic heterocycles. The van der Waals surface area contributed by atoms with Gasteiger partial charge in [0.15, 0.2) is 23.3 Å². The SMILES string of the molecule is FC1=C(F)c2nc1c(-c1ccccc1)c1ccc([nH]1)c(-c1ccccc1)c1nc(c(-c3ccccc3)c3c(F)c(F)c(c2-c2ccccc2)n3F)C=C1.[Pt]. The molecule has 0 saturated carbocycles. The summed E-state index contributed by atoms with van der Waals surface area (Å²) in [5.41, 5.74) is 0.729. The zero-order valence-corrected chi connectivity index (χ0v) is 30.2. The molecule has 0 radical (unpaired) electrons. The molecule has 0 saturated heterocycles. The van der Waals surface area contributed by atoms with Gasteiger partial charge in [0.2, 0.25) is 0 Å². The Balaban J connectivity index is 0.00000413. The van der Waals surface area contributed by atoms with Gasteiger partial charge in [0.1, 0.15) is 22.4 Å². The molecule has 1 N–H and O–H groups in total. The maximum Gasteiger partial charge on any atom is 0.188 e. The fraction of sp³-hybridized carbons (Fsp3) is 0. The monoisotopic (exact) mass is 899 g/mol. The molecule has 0 fully saturated rings. The Labute approximate surface area is 319 Å². The minimum absolute atomic E-state index is 0. The minimum Gasteiger partial charge on any atom is -0.354 e. The molecule has 7 aromatic rings. The van der Waals surface area contributed by atoms with E-state index in [9.17, 15) is 0 Å². The van der Waals surface area contributed by atoms with Gasteiger partial charge in [-0.1, -0.05) is 126 Å². The topological polar surface area (TPSA) is 46.5 Å². The Bertz CT molecular complexity index is 2810. The second-order valence-corrected chi connectivity index (χ2v) is 12.5. The average molecular weight is 900 g/mol. The van der Waals surface area contributed by atoms with E-state index in [0.29, 0.717) is 33.4 Å². The molecular formula is C44H25F5N4Pt. The summed E-state index contributed by atoms with van der Waals surface area (Å²) in [6.45, 7) is 0. The van der Waals surface area contributed by atoms with Crippen molar-refractivity contribution in [1.29, 1.82) is 0 Å². The third-order valence-electron chi connectivity index (χ3n) is 9.41. The molecular weight excluding hydrogens is 875 g/mol. The summed E-state index contributed by atoms with van der Waals surface area (Å²) in [5.74, 6) is -5.92. The van der Waals surface area contributed by atoms with Gasteiger partial charge in [-0.15, -0.1) is 0 Å². The van der Waals surface area contributed by atoms with Crippen LogP contribution in [0.4, 0.5) is 22.0 Å². The number of halogens is 5. The van der Waals surface area contributed by atoms with E-state index in [4.69, 9.17) is 4.98 Å². The number of aromatic amines is 1. The van der Waals surface area contributed by atoms with Crippen molar-refractivity contribution in [2.24, 2.45) is 0 Å². The Morgan fingerprint density at radius 2 is 0.796 bits per heavy atom. The number of hydrogen-bond acceptors (Lipinski definition) is 2. The molecule has 9 rings (SSSR count). The molecule has 0 atom stereocenters. The molecule has 5 heterocycles. The van der Waals surface area contributed by atoms with E-state index < -0.39 is 51.3 Å². The van der Waals surface area contributed by atoms with Crippen LogP contribution >= 0.6 is 0 Å². The number of H-pyrrole nitrogens is 1. The van der Waals surface area contributed by atoms with E-state index in [2.05, 4.69) is 9.97 Å². The van der Waals surface area contributed by atoms with Gasteiger partial charge in [-0.3, -0.25) is 0 Å². The molecule has 0 spiro atoms. The van der Waals surface area contributed by atoms with Gasteiger partial charge in [-0.2, -0.15) is 4.79 Å². The molecule has 10 heteroatoms. The zero-order chi connectivity index (χ0) is 36.2. The van der Waals surface area contributed by atoms with Crippen LogP contribution in [0.15, 0.2) is 133 Å². The summed E-state index contributed by atoms with van der Waals surface area (Å²) >= 11 is 0. The van der Waals surface area contributed by atoms with E-state index in [1.165, 1.54) is 12.1 Å². The molecule has 2 aliphatic heterocycles. The number of rotatable bonds is 4. The van der Waals surface area contributed by atoms with Crippen molar-refractivity contribution < 1.29 is 43.1 Å². The molecule has 0 amide bonds. The zero-order valence-electron chi connectivity index (χ0n) is 27.9. The predicted molar refractivity (Wildman–Crippen MR) is 201 cm³/mol. The van der Waals surface area contributed by atoms with E-state index >= 15 is 22.0 Å². The fourth-order valence-electron chi connectivity index (χ4n) is 7.06. The van der Waals surface area contributed by atoms with E-state index in [0.717, 1.165) is 5.56 Å². The van der Waals surface area contributed by atoms with Crippen LogP contribution in [0.5, 0.6) is 0 Å². The molecule has 2 aliphatic rings. The largest absolute Gasteiger partial charge is 0.354 e. The second-order valence-electron chi connectivity index (χ2n) is 12.5. The summed E-state index contributed by atoms with van der Waals surface area (Å²) in [6.07, 6.45) is 3.35. The summed E-state index contributed by atoms with van der Waals surface area (Å²) in [7, 11) is 0. The first-order valence-corrected chi connectivity index (χ1v) is 16.7. The normalized spacial score (nSPS) is 12.2. The quantitative estimate of drug-likeness (QED) is 0.179. The smallest absolute Gasteiger partial charge is 0.188 e. The number of aromatic nitrogens is 4. The first-order chi connectivity index (χ1) is 25.9. The Morgan fingerprint density at radius 1 is 0.426 bits per heavy atom. The van der Waals surface area contributed by atoms with Crippen molar-refractivity contribution in [3.63, 3.8) is 0 Å². The van der Waals surface area contributed by atoms with E-state index in [-0.39, 0.29) is 48.2 Å². The van der Waals surface area contributed by atoms with Crippen molar-refractivity contribution in [2.75, 3.05) is 0 Å². The molecule has 4 nitrogen and oxygen atoms in total. The molecule has 0 unspecified atom stereocenters. The van der Waals surface area contributed by atoms with Crippen LogP contribution in [-0.4, -0.2) is 19.7 Å². The minimum atomic E-state index is -1.60. The number of nitrogens with zero attached hydrogens (tertiary/aromatic N) is 3. The van der Waals surface area contributed by atoms with Crippen molar-refractivity contribution >= 4 is 45.9 Å². The van der Waals surface area contributed by atoms with Crippen LogP contribution < -0.4 is 0 Å². The molecule has 54 heavy (non-hydrogen) atoms. The van der Waals surface area contributed by atoms with Crippen molar-refractivity contribution in [1.82, 2.24) is 19.7 Å². The van der Waals surface area contributed by atoms with Crippen molar-refractivity contribution in [3.05, 3.63) is 168 Å². The van der Waals surface area contributed by atoms with Gasteiger partial charge in [-0.25, -0.2) is 27.5 Å². The first-order valence-electron chi connectivity index (χ1n) is 16.7. The molecule has 4 aromatic carbocycles. The summed E-state index contributed by atoms with van der Waals surface area (Å²) < 4.78 is 83.3. The Hall–Kier alpha value is -6.18. The predicted octanol–water partition coefficient (Wildman–Crippen LogP) is 12.4. The van der Waals surface area contributed by atoms with Crippen molar-refractivity contribution in [2.45, 2.75) is 0 Å². The van der Waals surface area contributed by atoms with Gasteiger partial charge < -0.3 is 4.98 Å².